The molecular formula is C30H59NO4. The molecule has 0 aromatic carbocycles. The molecule has 2 N–H and O–H groups in total. The molecule has 0 saturated carbocycles. The number of hydrogen-bond donors (Lipinski definition) is 2. The molecule has 0 amide bonds. The van der Waals surface area contributed by atoms with Gasteiger partial charge in [-0.2, -0.15) is 0 Å². The summed E-state index contributed by atoms with van der Waals surface area (Å²) in [6, 6.07) is -0.845. The Bertz CT molecular complexity index is 469. The van der Waals surface area contributed by atoms with Crippen LogP contribution in [0.5, 0.6) is 0 Å². The van der Waals surface area contributed by atoms with E-state index in [0.29, 0.717) is 13.2 Å². The molecule has 5 nitrogen and oxygen atoms in total. The number of carboxylic acid groups (broad SMARTS) is 1. The Morgan fingerprint density at radius 3 is 1.37 bits per heavy atom. The van der Waals surface area contributed by atoms with Gasteiger partial charge in [0.15, 0.2) is 0 Å². The van der Waals surface area contributed by atoms with E-state index >= 15 is 0 Å². The first-order valence-electron chi connectivity index (χ1n) is 15.2. The summed E-state index contributed by atoms with van der Waals surface area (Å²) in [5.41, 5.74) is 0. The van der Waals surface area contributed by atoms with Crippen LogP contribution in [0.3, 0.4) is 0 Å². The topological polar surface area (TPSA) is 75.6 Å². The van der Waals surface area contributed by atoms with E-state index in [4.69, 9.17) is 4.74 Å². The van der Waals surface area contributed by atoms with E-state index in [-0.39, 0.29) is 6.42 Å². The molecule has 0 heterocycles. The van der Waals surface area contributed by atoms with Crippen LogP contribution in [0.1, 0.15) is 162 Å². The second-order valence-electron chi connectivity index (χ2n) is 10.3. The fraction of sp³-hybridized carbons (Fsp3) is 0.933. The predicted molar refractivity (Wildman–Crippen MR) is 148 cm³/mol. The second-order valence-corrected chi connectivity index (χ2v) is 10.3. The number of carbonyl (C=O) groups is 2. The number of rotatable bonds is 28. The second kappa shape index (κ2) is 27.5. The smallest absolute Gasteiger partial charge is 0.321 e. The molecule has 1 unspecified atom stereocenters. The molecule has 0 radical (unpaired) electrons. The molecule has 0 rings (SSSR count). The van der Waals surface area contributed by atoms with E-state index < -0.39 is 18.0 Å². The first kappa shape index (κ1) is 33.9. The van der Waals surface area contributed by atoms with Gasteiger partial charge in [0.25, 0.3) is 0 Å². The van der Waals surface area contributed by atoms with Crippen molar-refractivity contribution in [3.63, 3.8) is 0 Å². The molecule has 0 bridgehead atoms. The third-order valence-corrected chi connectivity index (χ3v) is 6.85. The van der Waals surface area contributed by atoms with Gasteiger partial charge < -0.3 is 15.2 Å². The first-order chi connectivity index (χ1) is 17.1. The molecule has 5 heteroatoms. The summed E-state index contributed by atoms with van der Waals surface area (Å²) in [5.74, 6) is -1.38. The maximum Gasteiger partial charge on any atom is 0.321 e. The predicted octanol–water partition coefficient (Wildman–Crippen LogP) is 8.58. The van der Waals surface area contributed by atoms with Crippen LogP contribution in [0.4, 0.5) is 0 Å². The Balaban J connectivity index is 3.57. The minimum atomic E-state index is -0.972. The fourth-order valence-electron chi connectivity index (χ4n) is 4.49. The van der Waals surface area contributed by atoms with Gasteiger partial charge in [-0.3, -0.25) is 9.59 Å². The van der Waals surface area contributed by atoms with Crippen LogP contribution in [0, 0.1) is 0 Å². The Hall–Kier alpha value is -1.10. The van der Waals surface area contributed by atoms with Crippen molar-refractivity contribution in [1.82, 2.24) is 5.32 Å². The van der Waals surface area contributed by atoms with E-state index in [1.807, 2.05) is 0 Å². The van der Waals surface area contributed by atoms with Crippen molar-refractivity contribution in [3.8, 4) is 0 Å². The van der Waals surface area contributed by atoms with Crippen molar-refractivity contribution in [2.45, 2.75) is 168 Å². The molecule has 1 atom stereocenters. The van der Waals surface area contributed by atoms with Crippen LogP contribution in [-0.4, -0.2) is 36.2 Å². The highest BCUT2D eigenvalue weighted by Gasteiger charge is 2.21. The van der Waals surface area contributed by atoms with Crippen LogP contribution in [0.25, 0.3) is 0 Å². The normalized spacial score (nSPS) is 12.1. The van der Waals surface area contributed by atoms with Crippen molar-refractivity contribution < 1.29 is 19.4 Å². The van der Waals surface area contributed by atoms with Crippen molar-refractivity contribution in [3.05, 3.63) is 0 Å². The molecule has 0 saturated heterocycles. The number of carbonyl (C=O) groups excluding carboxylic acids is 1. The van der Waals surface area contributed by atoms with E-state index in [9.17, 15) is 14.7 Å². The quantitative estimate of drug-likeness (QED) is 0.0836. The van der Waals surface area contributed by atoms with E-state index in [0.717, 1.165) is 25.7 Å². The molecule has 0 aromatic heterocycles. The Morgan fingerprint density at radius 2 is 0.971 bits per heavy atom. The number of ether oxygens (including phenoxy) is 1. The van der Waals surface area contributed by atoms with Crippen molar-refractivity contribution in [2.75, 3.05) is 13.2 Å². The highest BCUT2D eigenvalue weighted by Crippen LogP contribution is 2.12. The SMILES string of the molecule is CCCCCCCCCCCCCCNC(CC(=O)OCCCCCCCCCCCC)C(=O)O. The number of esters is 1. The zero-order valence-electron chi connectivity index (χ0n) is 23.4. The summed E-state index contributed by atoms with van der Waals surface area (Å²) in [6.45, 7) is 5.54. The van der Waals surface area contributed by atoms with Crippen LogP contribution >= 0.6 is 0 Å². The Labute approximate surface area is 217 Å². The number of carboxylic acids is 1. The lowest BCUT2D eigenvalue weighted by Crippen LogP contribution is -2.39. The van der Waals surface area contributed by atoms with Gasteiger partial charge >= 0.3 is 11.9 Å². The van der Waals surface area contributed by atoms with Gasteiger partial charge in [-0.1, -0.05) is 142 Å². The van der Waals surface area contributed by atoms with E-state index in [2.05, 4.69) is 19.2 Å². The van der Waals surface area contributed by atoms with Gasteiger partial charge in [0.2, 0.25) is 0 Å². The lowest BCUT2D eigenvalue weighted by molar-refractivity contribution is -0.149. The Morgan fingerprint density at radius 1 is 0.600 bits per heavy atom. The van der Waals surface area contributed by atoms with Crippen LogP contribution < -0.4 is 5.32 Å². The lowest BCUT2D eigenvalue weighted by Gasteiger charge is -2.14. The summed E-state index contributed by atoms with van der Waals surface area (Å²) in [4.78, 5) is 23.5. The van der Waals surface area contributed by atoms with Crippen LogP contribution in [0.2, 0.25) is 0 Å². The molecule has 0 aromatic rings. The maximum atomic E-state index is 12.0. The van der Waals surface area contributed by atoms with Crippen molar-refractivity contribution in [2.24, 2.45) is 0 Å². The average Bonchev–Trinajstić information content (AvgIpc) is 2.84. The zero-order valence-corrected chi connectivity index (χ0v) is 23.4. The monoisotopic (exact) mass is 497 g/mol. The van der Waals surface area contributed by atoms with Gasteiger partial charge in [-0.15, -0.1) is 0 Å². The third-order valence-electron chi connectivity index (χ3n) is 6.85. The third kappa shape index (κ3) is 25.8. The number of hydrogen-bond acceptors (Lipinski definition) is 4. The summed E-state index contributed by atoms with van der Waals surface area (Å²) in [7, 11) is 0. The van der Waals surface area contributed by atoms with Gasteiger partial charge in [-0.25, -0.2) is 0 Å². The number of nitrogens with one attached hydrogen (secondary N) is 1. The number of aliphatic carboxylic acids is 1. The summed E-state index contributed by atoms with van der Waals surface area (Å²) in [5, 5.41) is 12.4. The minimum Gasteiger partial charge on any atom is -0.480 e. The largest absolute Gasteiger partial charge is 0.480 e. The van der Waals surface area contributed by atoms with Gasteiger partial charge in [0.05, 0.1) is 13.0 Å². The standard InChI is InChI=1S/C30H59NO4/c1-3-5-7-9-11-13-15-16-17-19-21-23-25-31-28(30(33)34)27-29(32)35-26-24-22-20-18-14-12-10-8-6-4-2/h28,31H,3-27H2,1-2H3,(H,33,34). The first-order valence-corrected chi connectivity index (χ1v) is 15.2. The van der Waals surface area contributed by atoms with Crippen LogP contribution in [-0.2, 0) is 14.3 Å². The van der Waals surface area contributed by atoms with E-state index in [1.165, 1.54) is 116 Å². The molecule has 0 spiro atoms. The molecule has 0 aliphatic heterocycles. The molecule has 35 heavy (non-hydrogen) atoms. The molecule has 0 aliphatic rings. The van der Waals surface area contributed by atoms with Crippen molar-refractivity contribution >= 4 is 11.9 Å². The minimum absolute atomic E-state index is 0.0919. The molecule has 208 valence electrons. The molecule has 0 fully saturated rings. The van der Waals surface area contributed by atoms with Crippen molar-refractivity contribution in [1.29, 1.82) is 0 Å². The fourth-order valence-corrected chi connectivity index (χ4v) is 4.49. The summed E-state index contributed by atoms with van der Waals surface area (Å²) >= 11 is 0. The zero-order chi connectivity index (χ0) is 25.8. The van der Waals surface area contributed by atoms with Gasteiger partial charge in [-0.05, 0) is 19.4 Å². The summed E-state index contributed by atoms with van der Waals surface area (Å²) in [6.07, 6.45) is 27.6. The van der Waals surface area contributed by atoms with Gasteiger partial charge in [0, 0.05) is 0 Å². The Kier molecular flexibility index (Phi) is 26.6. The highest BCUT2D eigenvalue weighted by molar-refractivity contribution is 5.81. The molecular weight excluding hydrogens is 438 g/mol. The highest BCUT2D eigenvalue weighted by atomic mass is 16.5. The maximum absolute atomic E-state index is 12.0. The molecule has 0 aliphatic carbocycles. The van der Waals surface area contributed by atoms with Crippen LogP contribution in [0.15, 0.2) is 0 Å². The summed E-state index contributed by atoms with van der Waals surface area (Å²) < 4.78 is 5.27. The van der Waals surface area contributed by atoms with E-state index in [1.54, 1.807) is 0 Å². The van der Waals surface area contributed by atoms with Gasteiger partial charge in [0.1, 0.15) is 6.04 Å². The average molecular weight is 498 g/mol. The lowest BCUT2D eigenvalue weighted by atomic mass is 10.1. The number of unbranched alkanes of at least 4 members (excludes halogenated alkanes) is 20.